The second-order valence-corrected chi connectivity index (χ2v) is 4.18. The Bertz CT molecular complexity index is 611. The van der Waals surface area contributed by atoms with Crippen LogP contribution in [0.25, 0.3) is 0 Å². The number of rotatable bonds is 2. The number of nitrogens with two attached hydrogens (primary N) is 1. The highest BCUT2D eigenvalue weighted by atomic mass is 35.5. The summed E-state index contributed by atoms with van der Waals surface area (Å²) in [7, 11) is 0. The average molecular weight is 294 g/mol. The fourth-order valence-electron chi connectivity index (χ4n) is 1.25. The van der Waals surface area contributed by atoms with Gasteiger partial charge in [-0.3, -0.25) is 4.79 Å². The fraction of sp³-hybridized carbons (Fsp3) is 0. The number of carbonyl (C=O) groups excluding carboxylic acids is 1. The van der Waals surface area contributed by atoms with Crippen LogP contribution in [0.3, 0.4) is 0 Å². The first-order chi connectivity index (χ1) is 9.43. The van der Waals surface area contributed by atoms with Gasteiger partial charge in [0.2, 0.25) is 0 Å². The van der Waals surface area contributed by atoms with Crippen LogP contribution in [0.15, 0.2) is 42.5 Å². The minimum absolute atomic E-state index is 0.0422. The van der Waals surface area contributed by atoms with Crippen molar-refractivity contribution in [2.24, 2.45) is 0 Å². The molecule has 0 aromatic heterocycles. The van der Waals surface area contributed by atoms with Gasteiger partial charge >= 0.3 is 5.97 Å². The Hall–Kier alpha value is -2.53. The van der Waals surface area contributed by atoms with Gasteiger partial charge in [-0.1, -0.05) is 11.6 Å². The zero-order valence-corrected chi connectivity index (χ0v) is 11.0. The summed E-state index contributed by atoms with van der Waals surface area (Å²) in [6, 6.07) is 10.4. The summed E-state index contributed by atoms with van der Waals surface area (Å²) in [6.45, 7) is 0. The number of carboxylic acid groups (broad SMARTS) is 1. The van der Waals surface area contributed by atoms with E-state index < -0.39 is 5.97 Å². The van der Waals surface area contributed by atoms with Crippen LogP contribution in [0, 0.1) is 0 Å². The van der Waals surface area contributed by atoms with E-state index in [2.05, 4.69) is 0 Å². The summed E-state index contributed by atoms with van der Waals surface area (Å²) in [5, 5.41) is 17.8. The Kier molecular flexibility index (Phi) is 5.56. The number of aldehydes is 1. The van der Waals surface area contributed by atoms with Gasteiger partial charge in [-0.2, -0.15) is 0 Å². The third-order valence-corrected chi connectivity index (χ3v) is 2.51. The zero-order valence-electron chi connectivity index (χ0n) is 10.3. The van der Waals surface area contributed by atoms with Crippen molar-refractivity contribution < 1.29 is 19.8 Å². The molecule has 0 spiro atoms. The SMILES string of the molecule is Nc1ccc(C(=O)O)cc1.O=Cc1cc(Cl)ccc1O. The second kappa shape index (κ2) is 7.16. The number of anilines is 1. The van der Waals surface area contributed by atoms with E-state index in [1.54, 1.807) is 12.1 Å². The van der Waals surface area contributed by atoms with Crippen LogP contribution in [0.2, 0.25) is 5.02 Å². The molecule has 0 bridgehead atoms. The topological polar surface area (TPSA) is 101 Å². The number of carboxylic acids is 1. The maximum absolute atomic E-state index is 10.3. The van der Waals surface area contributed by atoms with Crippen molar-refractivity contribution in [1.29, 1.82) is 0 Å². The summed E-state index contributed by atoms with van der Waals surface area (Å²) >= 11 is 5.53. The Labute approximate surface area is 120 Å². The molecule has 0 fully saturated rings. The van der Waals surface area contributed by atoms with Crippen LogP contribution in [-0.4, -0.2) is 22.5 Å². The molecule has 0 saturated carbocycles. The lowest BCUT2D eigenvalue weighted by Crippen LogP contribution is -1.95. The monoisotopic (exact) mass is 293 g/mol. The molecule has 6 heteroatoms. The van der Waals surface area contributed by atoms with Gasteiger partial charge < -0.3 is 15.9 Å². The van der Waals surface area contributed by atoms with Gasteiger partial charge in [0.1, 0.15) is 5.75 Å². The predicted molar refractivity (Wildman–Crippen MR) is 76.3 cm³/mol. The summed E-state index contributed by atoms with van der Waals surface area (Å²) in [6.07, 6.45) is 0.557. The first-order valence-corrected chi connectivity index (χ1v) is 5.84. The molecule has 0 aliphatic heterocycles. The fourth-order valence-corrected chi connectivity index (χ4v) is 1.43. The number of aromatic hydroxyl groups is 1. The van der Waals surface area contributed by atoms with Gasteiger partial charge in [-0.15, -0.1) is 0 Å². The van der Waals surface area contributed by atoms with E-state index in [0.29, 0.717) is 17.0 Å². The molecular weight excluding hydrogens is 282 g/mol. The molecular formula is C14H12ClNO4. The normalized spacial score (nSPS) is 9.25. The largest absolute Gasteiger partial charge is 0.507 e. The van der Waals surface area contributed by atoms with E-state index in [0.717, 1.165) is 0 Å². The maximum Gasteiger partial charge on any atom is 0.335 e. The van der Waals surface area contributed by atoms with Crippen LogP contribution in [0.5, 0.6) is 5.75 Å². The molecule has 0 atom stereocenters. The third-order valence-electron chi connectivity index (χ3n) is 2.27. The first-order valence-electron chi connectivity index (χ1n) is 5.46. The van der Waals surface area contributed by atoms with Crippen LogP contribution >= 0.6 is 11.6 Å². The summed E-state index contributed by atoms with van der Waals surface area (Å²) in [5.41, 5.74) is 6.38. The molecule has 0 heterocycles. The molecule has 0 aliphatic carbocycles. The van der Waals surface area contributed by atoms with Gasteiger partial charge in [-0.25, -0.2) is 4.79 Å². The van der Waals surface area contributed by atoms with Gasteiger partial charge in [0.15, 0.2) is 6.29 Å². The smallest absolute Gasteiger partial charge is 0.335 e. The summed E-state index contributed by atoms with van der Waals surface area (Å²) in [5.74, 6) is -0.973. The molecule has 2 aromatic carbocycles. The average Bonchev–Trinajstić information content (AvgIpc) is 2.42. The lowest BCUT2D eigenvalue weighted by atomic mass is 10.2. The second-order valence-electron chi connectivity index (χ2n) is 3.75. The van der Waals surface area contributed by atoms with Crippen molar-refractivity contribution >= 4 is 29.5 Å². The number of halogens is 1. The van der Waals surface area contributed by atoms with Gasteiger partial charge in [0, 0.05) is 10.7 Å². The van der Waals surface area contributed by atoms with Crippen LogP contribution in [-0.2, 0) is 0 Å². The van der Waals surface area contributed by atoms with Crippen molar-refractivity contribution in [3.8, 4) is 5.75 Å². The lowest BCUT2D eigenvalue weighted by Gasteiger charge is -1.94. The standard InChI is InChI=1S/C7H5ClO2.C7H7NO2/c8-6-1-2-7(10)5(3-6)4-9;8-6-3-1-5(2-4-6)7(9)10/h1-4,10H;1-4H,8H2,(H,9,10). The van der Waals surface area contributed by atoms with Gasteiger partial charge in [0.25, 0.3) is 0 Å². The van der Waals surface area contributed by atoms with E-state index in [1.807, 2.05) is 0 Å². The first kappa shape index (κ1) is 15.5. The molecule has 0 unspecified atom stereocenters. The number of phenols is 1. The molecule has 20 heavy (non-hydrogen) atoms. The number of benzene rings is 2. The minimum atomic E-state index is -0.931. The molecule has 2 rings (SSSR count). The highest BCUT2D eigenvalue weighted by molar-refractivity contribution is 6.30. The molecule has 4 N–H and O–H groups in total. The quantitative estimate of drug-likeness (QED) is 0.584. The minimum Gasteiger partial charge on any atom is -0.507 e. The van der Waals surface area contributed by atoms with Crippen molar-refractivity contribution in [2.75, 3.05) is 5.73 Å². The van der Waals surface area contributed by atoms with Crippen LogP contribution in [0.4, 0.5) is 5.69 Å². The molecule has 0 radical (unpaired) electrons. The van der Waals surface area contributed by atoms with Crippen molar-refractivity contribution in [2.45, 2.75) is 0 Å². The van der Waals surface area contributed by atoms with E-state index in [9.17, 15) is 9.59 Å². The van der Waals surface area contributed by atoms with Gasteiger partial charge in [0.05, 0.1) is 11.1 Å². The van der Waals surface area contributed by atoms with Crippen LogP contribution < -0.4 is 5.73 Å². The number of aromatic carboxylic acids is 1. The van der Waals surface area contributed by atoms with Crippen LogP contribution in [0.1, 0.15) is 20.7 Å². The molecule has 0 amide bonds. The van der Waals surface area contributed by atoms with E-state index >= 15 is 0 Å². The highest BCUT2D eigenvalue weighted by Gasteiger charge is 1.99. The van der Waals surface area contributed by atoms with Gasteiger partial charge in [-0.05, 0) is 42.5 Å². The molecule has 5 nitrogen and oxygen atoms in total. The highest BCUT2D eigenvalue weighted by Crippen LogP contribution is 2.18. The molecule has 2 aromatic rings. The molecule has 0 aliphatic rings. The Morgan fingerprint density at radius 1 is 1.15 bits per heavy atom. The van der Waals surface area contributed by atoms with Crippen molar-refractivity contribution in [1.82, 2.24) is 0 Å². The lowest BCUT2D eigenvalue weighted by molar-refractivity contribution is 0.0696. The van der Waals surface area contributed by atoms with E-state index in [-0.39, 0.29) is 16.9 Å². The number of hydrogen-bond acceptors (Lipinski definition) is 4. The molecule has 0 saturated heterocycles. The number of carbonyl (C=O) groups is 2. The van der Waals surface area contributed by atoms with Crippen molar-refractivity contribution in [3.05, 3.63) is 58.6 Å². The Balaban J connectivity index is 0.000000200. The number of nitrogen functional groups attached to an aromatic ring is 1. The summed E-state index contributed by atoms with van der Waals surface area (Å²) < 4.78 is 0. The van der Waals surface area contributed by atoms with E-state index in [4.69, 9.17) is 27.5 Å². The Morgan fingerprint density at radius 3 is 2.20 bits per heavy atom. The third kappa shape index (κ3) is 4.62. The predicted octanol–water partition coefficient (Wildman–Crippen LogP) is 2.83. The Morgan fingerprint density at radius 2 is 1.75 bits per heavy atom. The number of phenolic OH excluding ortho intramolecular Hbond substituents is 1. The molecule has 104 valence electrons. The number of hydrogen-bond donors (Lipinski definition) is 3. The van der Waals surface area contributed by atoms with Crippen molar-refractivity contribution in [3.63, 3.8) is 0 Å². The summed E-state index contributed by atoms with van der Waals surface area (Å²) in [4.78, 5) is 20.4. The van der Waals surface area contributed by atoms with E-state index in [1.165, 1.54) is 30.3 Å². The maximum atomic E-state index is 10.3. The zero-order chi connectivity index (χ0) is 15.1.